The van der Waals surface area contributed by atoms with Gasteiger partial charge in [0.25, 0.3) is 0 Å². The second-order valence-corrected chi connectivity index (χ2v) is 5.73. The lowest BCUT2D eigenvalue weighted by Gasteiger charge is -2.14. The molecule has 19 heavy (non-hydrogen) atoms. The van der Waals surface area contributed by atoms with Crippen molar-refractivity contribution in [2.75, 3.05) is 6.54 Å². The number of carboxylic acid groups (broad SMARTS) is 1. The van der Waals surface area contributed by atoms with Crippen LogP contribution in [-0.2, 0) is 19.7 Å². The van der Waals surface area contributed by atoms with Crippen molar-refractivity contribution >= 4 is 22.3 Å². The zero-order chi connectivity index (χ0) is 15.1. The van der Waals surface area contributed by atoms with Crippen LogP contribution in [0.1, 0.15) is 33.6 Å². The van der Waals surface area contributed by atoms with E-state index in [1.165, 1.54) is 0 Å². The number of hydrogen-bond donors (Lipinski definition) is 3. The van der Waals surface area contributed by atoms with Crippen LogP contribution in [0.15, 0.2) is 0 Å². The van der Waals surface area contributed by atoms with Crippen molar-refractivity contribution in [3.8, 4) is 0 Å². The Kier molecular flexibility index (Phi) is 7.38. The summed E-state index contributed by atoms with van der Waals surface area (Å²) in [6.45, 7) is 4.65. The van der Waals surface area contributed by atoms with Crippen molar-refractivity contribution in [2.24, 2.45) is 5.92 Å². The molecule has 8 nitrogen and oxygen atoms in total. The molecule has 3 N–H and O–H groups in total. The molecule has 112 valence electrons. The van der Waals surface area contributed by atoms with E-state index >= 15 is 0 Å². The Morgan fingerprint density at radius 1 is 1.32 bits per heavy atom. The largest absolute Gasteiger partial charge is 0.481 e. The number of carboxylic acids is 1. The minimum atomic E-state index is -4.11. The van der Waals surface area contributed by atoms with E-state index < -0.39 is 34.3 Å². The first kappa shape index (κ1) is 17.6. The molecule has 0 fully saturated rings. The van der Waals surface area contributed by atoms with Gasteiger partial charge in [-0.05, 0) is 20.3 Å². The van der Waals surface area contributed by atoms with Crippen LogP contribution in [0.25, 0.3) is 0 Å². The third kappa shape index (κ3) is 8.38. The zero-order valence-corrected chi connectivity index (χ0v) is 12.0. The fraction of sp³-hybridized carbons (Fsp3) is 0.800. The number of nitrogens with one attached hydrogen (secondary N) is 2. The van der Waals surface area contributed by atoms with Gasteiger partial charge < -0.3 is 9.84 Å². The zero-order valence-electron chi connectivity index (χ0n) is 11.2. The minimum absolute atomic E-state index is 0.284. The van der Waals surface area contributed by atoms with E-state index in [1.54, 1.807) is 25.5 Å². The molecule has 0 aromatic heterocycles. The van der Waals surface area contributed by atoms with Crippen molar-refractivity contribution in [1.82, 2.24) is 9.44 Å². The molecule has 0 heterocycles. The van der Waals surface area contributed by atoms with E-state index in [9.17, 15) is 18.0 Å². The van der Waals surface area contributed by atoms with Crippen molar-refractivity contribution in [2.45, 2.75) is 39.7 Å². The molecule has 1 atom stereocenters. The Hall–Kier alpha value is -1.35. The maximum absolute atomic E-state index is 11.4. The predicted octanol–water partition coefficient (Wildman–Crippen LogP) is 0.456. The summed E-state index contributed by atoms with van der Waals surface area (Å²) in [4.78, 5) is 21.9. The summed E-state index contributed by atoms with van der Waals surface area (Å²) in [5.74, 6) is -1.92. The van der Waals surface area contributed by atoms with Crippen molar-refractivity contribution < 1.29 is 27.9 Å². The molecule has 0 radical (unpaired) electrons. The van der Waals surface area contributed by atoms with Crippen LogP contribution in [0.3, 0.4) is 0 Å². The lowest BCUT2D eigenvalue weighted by molar-refractivity contribution is -0.141. The first-order valence-corrected chi connectivity index (χ1v) is 7.37. The number of carbonyl (C=O) groups excluding carboxylic acids is 1. The Labute approximate surface area is 112 Å². The van der Waals surface area contributed by atoms with Gasteiger partial charge in [0.15, 0.2) is 0 Å². The first-order valence-electron chi connectivity index (χ1n) is 5.88. The molecule has 0 aliphatic rings. The molecule has 1 unspecified atom stereocenters. The lowest BCUT2D eigenvalue weighted by Crippen LogP contribution is -2.43. The van der Waals surface area contributed by atoms with Gasteiger partial charge in [0, 0.05) is 6.54 Å². The average Bonchev–Trinajstić information content (AvgIpc) is 2.21. The summed E-state index contributed by atoms with van der Waals surface area (Å²) >= 11 is 0. The van der Waals surface area contributed by atoms with Crippen LogP contribution in [-0.4, -0.2) is 38.2 Å². The van der Waals surface area contributed by atoms with Crippen LogP contribution in [0.5, 0.6) is 0 Å². The highest BCUT2D eigenvalue weighted by molar-refractivity contribution is 7.88. The molecule has 9 heteroatoms. The SMILES string of the molecule is CCCC(CNS(=O)(=O)NC(=O)OC(C)C)C(=O)O. The standard InChI is InChI=1S/C10H20N2O6S/c1-4-5-8(9(13)14)6-11-19(16,17)12-10(15)18-7(2)3/h7-8,11H,4-6H2,1-3H3,(H,12,15)(H,13,14). The van der Waals surface area contributed by atoms with Gasteiger partial charge in [0.2, 0.25) is 0 Å². The third-order valence-corrected chi connectivity index (χ3v) is 3.05. The molecule has 0 bridgehead atoms. The van der Waals surface area contributed by atoms with Crippen LogP contribution in [0, 0.1) is 5.92 Å². The summed E-state index contributed by atoms with van der Waals surface area (Å²) in [7, 11) is -4.11. The molecule has 0 spiro atoms. The fourth-order valence-electron chi connectivity index (χ4n) is 1.26. The maximum atomic E-state index is 11.4. The Morgan fingerprint density at radius 2 is 1.89 bits per heavy atom. The second-order valence-electron chi connectivity index (χ2n) is 4.23. The Balaban J connectivity index is 4.36. The number of ether oxygens (including phenoxy) is 1. The second kappa shape index (κ2) is 7.95. The van der Waals surface area contributed by atoms with Crippen molar-refractivity contribution in [3.63, 3.8) is 0 Å². The van der Waals surface area contributed by atoms with Crippen molar-refractivity contribution in [1.29, 1.82) is 0 Å². The summed E-state index contributed by atoms with van der Waals surface area (Å²) in [6, 6.07) is 0. The van der Waals surface area contributed by atoms with Crippen LogP contribution >= 0.6 is 0 Å². The van der Waals surface area contributed by atoms with Crippen LogP contribution in [0.4, 0.5) is 4.79 Å². The fourth-order valence-corrected chi connectivity index (χ4v) is 2.02. The first-order chi connectivity index (χ1) is 8.68. The average molecular weight is 296 g/mol. The van der Waals surface area contributed by atoms with E-state index in [2.05, 4.69) is 4.74 Å². The van der Waals surface area contributed by atoms with E-state index in [4.69, 9.17) is 5.11 Å². The number of carbonyl (C=O) groups is 2. The van der Waals surface area contributed by atoms with Gasteiger partial charge in [-0.3, -0.25) is 4.79 Å². The van der Waals surface area contributed by atoms with Gasteiger partial charge in [-0.1, -0.05) is 13.3 Å². The predicted molar refractivity (Wildman–Crippen MR) is 67.7 cm³/mol. The third-order valence-electron chi connectivity index (χ3n) is 2.07. The van der Waals surface area contributed by atoms with E-state index in [0.717, 1.165) is 0 Å². The van der Waals surface area contributed by atoms with Gasteiger partial charge in [0.05, 0.1) is 12.0 Å². The summed E-state index contributed by atoms with van der Waals surface area (Å²) in [5, 5.41) is 8.86. The lowest BCUT2D eigenvalue weighted by atomic mass is 10.1. The molecule has 0 saturated heterocycles. The van der Waals surface area contributed by atoms with Gasteiger partial charge >= 0.3 is 22.3 Å². The normalized spacial score (nSPS) is 13.1. The topological polar surface area (TPSA) is 122 Å². The maximum Gasteiger partial charge on any atom is 0.422 e. The summed E-state index contributed by atoms with van der Waals surface area (Å²) in [6.07, 6.45) is -0.609. The van der Waals surface area contributed by atoms with Crippen LogP contribution < -0.4 is 9.44 Å². The highest BCUT2D eigenvalue weighted by Crippen LogP contribution is 2.05. The van der Waals surface area contributed by atoms with Gasteiger partial charge in [0.1, 0.15) is 0 Å². The monoisotopic (exact) mass is 296 g/mol. The van der Waals surface area contributed by atoms with Gasteiger partial charge in [-0.25, -0.2) is 9.52 Å². The minimum Gasteiger partial charge on any atom is -0.481 e. The van der Waals surface area contributed by atoms with E-state index in [-0.39, 0.29) is 6.54 Å². The van der Waals surface area contributed by atoms with E-state index in [1.807, 2.05) is 4.72 Å². The van der Waals surface area contributed by atoms with Gasteiger partial charge in [-0.15, -0.1) is 0 Å². The quantitative estimate of drug-likeness (QED) is 0.598. The van der Waals surface area contributed by atoms with Crippen LogP contribution in [0.2, 0.25) is 0 Å². The Bertz CT molecular complexity index is 406. The smallest absolute Gasteiger partial charge is 0.422 e. The molecule has 0 saturated carbocycles. The summed E-state index contributed by atoms with van der Waals surface area (Å²) in [5.41, 5.74) is 0. The number of aliphatic carboxylic acids is 1. The summed E-state index contributed by atoms with van der Waals surface area (Å²) < 4.78 is 31.1. The highest BCUT2D eigenvalue weighted by Gasteiger charge is 2.21. The van der Waals surface area contributed by atoms with E-state index in [0.29, 0.717) is 12.8 Å². The molecule has 1 amide bonds. The van der Waals surface area contributed by atoms with Crippen molar-refractivity contribution in [3.05, 3.63) is 0 Å². The number of hydrogen-bond acceptors (Lipinski definition) is 5. The van der Waals surface area contributed by atoms with Gasteiger partial charge in [-0.2, -0.15) is 13.1 Å². The molecular formula is C10H20N2O6S. The molecule has 0 aromatic rings. The molecule has 0 aliphatic carbocycles. The number of rotatable bonds is 8. The molecule has 0 aromatic carbocycles. The highest BCUT2D eigenvalue weighted by atomic mass is 32.2. The molecule has 0 aliphatic heterocycles. The Morgan fingerprint density at radius 3 is 2.32 bits per heavy atom. The molecule has 0 rings (SSSR count). The molecular weight excluding hydrogens is 276 g/mol. The number of amides is 1.